The molecule has 0 atom stereocenters. The lowest BCUT2D eigenvalue weighted by atomic mass is 9.90. The summed E-state index contributed by atoms with van der Waals surface area (Å²) in [5.41, 5.74) is 12.3. The van der Waals surface area contributed by atoms with Crippen LogP contribution in [-0.4, -0.2) is 40.6 Å². The van der Waals surface area contributed by atoms with Gasteiger partial charge in [-0.3, -0.25) is 0 Å². The summed E-state index contributed by atoms with van der Waals surface area (Å²) < 4.78 is 22.4. The van der Waals surface area contributed by atoms with E-state index in [1.165, 1.54) is 55.6 Å². The van der Waals surface area contributed by atoms with Gasteiger partial charge in [0.05, 0.1) is 13.2 Å². The van der Waals surface area contributed by atoms with Gasteiger partial charge in [-0.1, -0.05) is 12.2 Å². The summed E-state index contributed by atoms with van der Waals surface area (Å²) in [6.45, 7) is 19.5. The Balaban J connectivity index is 2.47. The van der Waals surface area contributed by atoms with Gasteiger partial charge in [-0.25, -0.2) is 0 Å². The lowest BCUT2D eigenvalue weighted by molar-refractivity contribution is 0.145. The maximum atomic E-state index is 6.04. The lowest BCUT2D eigenvalue weighted by Gasteiger charge is -2.21. The van der Waals surface area contributed by atoms with Gasteiger partial charge >= 0.3 is 0 Å². The molecule has 0 radical (unpaired) electrons. The molecule has 176 valence electrons. The largest absolute Gasteiger partial charge is 0.491 e. The Morgan fingerprint density at radius 2 is 0.719 bits per heavy atom. The van der Waals surface area contributed by atoms with Crippen molar-refractivity contribution in [3.8, 4) is 11.5 Å². The zero-order chi connectivity index (χ0) is 24.0. The van der Waals surface area contributed by atoms with E-state index in [1.807, 2.05) is 0 Å². The molecule has 0 saturated heterocycles. The van der Waals surface area contributed by atoms with Crippen molar-refractivity contribution in [3.63, 3.8) is 0 Å². The van der Waals surface area contributed by atoms with Gasteiger partial charge in [-0.2, -0.15) is 0 Å². The highest BCUT2D eigenvalue weighted by molar-refractivity contribution is 5.79. The zero-order valence-electron chi connectivity index (χ0n) is 21.6. The monoisotopic (exact) mass is 440 g/mol. The Hall–Kier alpha value is -2.30. The first kappa shape index (κ1) is 26.0. The summed E-state index contributed by atoms with van der Waals surface area (Å²) >= 11 is 0. The third-order valence-electron chi connectivity index (χ3n) is 6.71. The normalized spacial score (nSPS) is 11.4. The van der Waals surface area contributed by atoms with E-state index < -0.39 is 0 Å². The Labute approximate surface area is 194 Å². The fraction of sp³-hybridized carbons (Fsp3) is 0.500. The van der Waals surface area contributed by atoms with Gasteiger partial charge in [0, 0.05) is 14.2 Å². The van der Waals surface area contributed by atoms with E-state index in [9.17, 15) is 0 Å². The molecule has 0 aliphatic carbocycles. The van der Waals surface area contributed by atoms with Crippen LogP contribution in [0.15, 0.2) is 0 Å². The molecular formula is C28H40O4. The van der Waals surface area contributed by atoms with Crippen molar-refractivity contribution in [2.24, 2.45) is 0 Å². The molecule has 0 aromatic heterocycles. The molecule has 2 aromatic carbocycles. The molecule has 2 aromatic rings. The van der Waals surface area contributed by atoms with E-state index in [1.54, 1.807) is 14.2 Å². The van der Waals surface area contributed by atoms with Gasteiger partial charge in [0.2, 0.25) is 0 Å². The molecule has 0 heterocycles. The van der Waals surface area contributed by atoms with Crippen molar-refractivity contribution < 1.29 is 18.9 Å². The van der Waals surface area contributed by atoms with Crippen LogP contribution in [0.1, 0.15) is 55.6 Å². The van der Waals surface area contributed by atoms with Crippen molar-refractivity contribution in [3.05, 3.63) is 55.6 Å². The summed E-state index contributed by atoms with van der Waals surface area (Å²) in [5.74, 6) is 1.96. The minimum absolute atomic E-state index is 0.558. The fourth-order valence-corrected chi connectivity index (χ4v) is 4.17. The number of hydrogen-bond donors (Lipinski definition) is 0. The highest BCUT2D eigenvalue weighted by atomic mass is 16.5. The number of rotatable bonds is 10. The van der Waals surface area contributed by atoms with E-state index in [4.69, 9.17) is 18.9 Å². The molecule has 0 N–H and O–H groups in total. The fourth-order valence-electron chi connectivity index (χ4n) is 4.17. The highest BCUT2D eigenvalue weighted by Gasteiger charge is 2.17. The average molecular weight is 441 g/mol. The molecule has 0 bridgehead atoms. The highest BCUT2D eigenvalue weighted by Crippen LogP contribution is 2.36. The van der Waals surface area contributed by atoms with Crippen molar-refractivity contribution >= 4 is 12.2 Å². The van der Waals surface area contributed by atoms with Crippen LogP contribution in [0.2, 0.25) is 0 Å². The second kappa shape index (κ2) is 11.5. The first-order valence-corrected chi connectivity index (χ1v) is 11.3. The van der Waals surface area contributed by atoms with Gasteiger partial charge in [0.25, 0.3) is 0 Å². The number of ether oxygens (including phenoxy) is 4. The van der Waals surface area contributed by atoms with E-state index >= 15 is 0 Å². The first-order chi connectivity index (χ1) is 15.2. The summed E-state index contributed by atoms with van der Waals surface area (Å²) in [4.78, 5) is 0. The predicted octanol–water partition coefficient (Wildman–Crippen LogP) is 6.37. The molecule has 4 heteroatoms. The van der Waals surface area contributed by atoms with Crippen LogP contribution in [0, 0.1) is 55.4 Å². The van der Waals surface area contributed by atoms with Crippen LogP contribution in [-0.2, 0) is 9.47 Å². The van der Waals surface area contributed by atoms with Gasteiger partial charge in [-0.05, 0) is 111 Å². The molecular weight excluding hydrogens is 400 g/mol. The average Bonchev–Trinajstić information content (AvgIpc) is 2.77. The van der Waals surface area contributed by atoms with E-state index in [0.29, 0.717) is 26.4 Å². The summed E-state index contributed by atoms with van der Waals surface area (Å²) in [7, 11) is 3.39. The van der Waals surface area contributed by atoms with Gasteiger partial charge < -0.3 is 18.9 Å². The topological polar surface area (TPSA) is 36.9 Å². The second-order valence-electron chi connectivity index (χ2n) is 8.50. The smallest absolute Gasteiger partial charge is 0.125 e. The lowest BCUT2D eigenvalue weighted by Crippen LogP contribution is -2.09. The van der Waals surface area contributed by atoms with Crippen molar-refractivity contribution in [1.29, 1.82) is 0 Å². The molecule has 0 amide bonds. The molecule has 0 saturated carbocycles. The van der Waals surface area contributed by atoms with Crippen LogP contribution >= 0.6 is 0 Å². The van der Waals surface area contributed by atoms with Gasteiger partial charge in [-0.15, -0.1) is 0 Å². The van der Waals surface area contributed by atoms with Crippen molar-refractivity contribution in [2.45, 2.75) is 55.4 Å². The Bertz CT molecular complexity index is 848. The van der Waals surface area contributed by atoms with Crippen LogP contribution < -0.4 is 9.47 Å². The molecule has 0 spiro atoms. The summed E-state index contributed by atoms with van der Waals surface area (Å²) in [6.07, 6.45) is 4.51. The zero-order valence-corrected chi connectivity index (χ0v) is 21.6. The number of methoxy groups -OCH3 is 2. The molecule has 0 unspecified atom stereocenters. The van der Waals surface area contributed by atoms with Crippen LogP contribution in [0.25, 0.3) is 12.2 Å². The molecule has 2 rings (SSSR count). The van der Waals surface area contributed by atoms with Crippen LogP contribution in [0.4, 0.5) is 0 Å². The van der Waals surface area contributed by atoms with Crippen LogP contribution in [0.5, 0.6) is 11.5 Å². The predicted molar refractivity (Wildman–Crippen MR) is 134 cm³/mol. The second-order valence-corrected chi connectivity index (χ2v) is 8.50. The third kappa shape index (κ3) is 5.36. The quantitative estimate of drug-likeness (QED) is 0.317. The van der Waals surface area contributed by atoms with Gasteiger partial charge in [0.15, 0.2) is 0 Å². The Morgan fingerprint density at radius 1 is 0.438 bits per heavy atom. The molecule has 0 aliphatic heterocycles. The first-order valence-electron chi connectivity index (χ1n) is 11.3. The number of benzene rings is 2. The minimum Gasteiger partial charge on any atom is -0.491 e. The molecule has 4 nitrogen and oxygen atoms in total. The van der Waals surface area contributed by atoms with E-state index in [-0.39, 0.29) is 0 Å². The molecule has 32 heavy (non-hydrogen) atoms. The summed E-state index contributed by atoms with van der Waals surface area (Å²) in [6, 6.07) is 0. The number of hydrogen-bond acceptors (Lipinski definition) is 4. The van der Waals surface area contributed by atoms with E-state index in [0.717, 1.165) is 11.5 Å². The SMILES string of the molecule is COCCOc1c(C)c(C)c(/C=C/c2c(C)c(C)c(OCCOC)c(C)c2C)c(C)c1C. The van der Waals surface area contributed by atoms with Crippen molar-refractivity contribution in [2.75, 3.05) is 40.6 Å². The van der Waals surface area contributed by atoms with E-state index in [2.05, 4.69) is 67.5 Å². The van der Waals surface area contributed by atoms with Gasteiger partial charge in [0.1, 0.15) is 24.7 Å². The maximum absolute atomic E-state index is 6.04. The molecule has 0 fully saturated rings. The third-order valence-corrected chi connectivity index (χ3v) is 6.71. The Morgan fingerprint density at radius 3 is 0.969 bits per heavy atom. The standard InChI is InChI=1S/C28H40O4/c1-17-21(5)27(31-15-13-29-9)22(6)18(2)25(17)11-12-26-19(3)23(7)28(24(8)20(26)4)32-16-14-30-10/h11-12H,13-16H2,1-10H3/b12-11+. The maximum Gasteiger partial charge on any atom is 0.125 e. The van der Waals surface area contributed by atoms with Crippen molar-refractivity contribution in [1.82, 2.24) is 0 Å². The summed E-state index contributed by atoms with van der Waals surface area (Å²) in [5, 5.41) is 0. The Kier molecular flexibility index (Phi) is 9.35. The van der Waals surface area contributed by atoms with Crippen LogP contribution in [0.3, 0.4) is 0 Å². The minimum atomic E-state index is 0.558. The molecule has 0 aliphatic rings.